The van der Waals surface area contributed by atoms with Crippen LogP contribution in [0.5, 0.6) is 0 Å². The molecule has 1 aromatic carbocycles. The summed E-state index contributed by atoms with van der Waals surface area (Å²) in [5, 5.41) is 3.66. The predicted molar refractivity (Wildman–Crippen MR) is 80.8 cm³/mol. The Balaban J connectivity index is 2.20. The number of hydrogen-bond donors (Lipinski definition) is 2. The van der Waals surface area contributed by atoms with Crippen LogP contribution in [0.4, 0.5) is 5.69 Å². The van der Waals surface area contributed by atoms with Gasteiger partial charge in [-0.05, 0) is 59.1 Å². The van der Waals surface area contributed by atoms with Crippen molar-refractivity contribution in [1.82, 2.24) is 0 Å². The molecule has 1 aromatic rings. The fourth-order valence-electron chi connectivity index (χ4n) is 2.18. The second kappa shape index (κ2) is 5.63. The Morgan fingerprint density at radius 1 is 1.53 bits per heavy atom. The van der Waals surface area contributed by atoms with Crippen molar-refractivity contribution in [3.63, 3.8) is 0 Å². The van der Waals surface area contributed by atoms with Crippen molar-refractivity contribution in [3.05, 3.63) is 28.2 Å². The van der Waals surface area contributed by atoms with Gasteiger partial charge in [-0.2, -0.15) is 11.8 Å². The van der Waals surface area contributed by atoms with Crippen LogP contribution in [-0.2, 0) is 0 Å². The average Bonchev–Trinajstić information content (AvgIpc) is 2.35. The van der Waals surface area contributed by atoms with Crippen LogP contribution < -0.4 is 11.1 Å². The number of nitrogens with one attached hydrogen (secondary N) is 1. The molecular weight excluding hydrogens is 296 g/mol. The van der Waals surface area contributed by atoms with Crippen molar-refractivity contribution in [2.24, 2.45) is 5.73 Å². The number of rotatable bonds is 3. The van der Waals surface area contributed by atoms with Gasteiger partial charge in [-0.1, -0.05) is 6.07 Å². The van der Waals surface area contributed by atoms with E-state index in [9.17, 15) is 0 Å². The Bertz CT molecular complexity index is 389. The van der Waals surface area contributed by atoms with Crippen LogP contribution >= 0.6 is 27.7 Å². The second-order valence-corrected chi connectivity index (χ2v) is 6.71. The third-order valence-electron chi connectivity index (χ3n) is 3.23. The largest absolute Gasteiger partial charge is 0.377 e. The summed E-state index contributed by atoms with van der Waals surface area (Å²) in [6.45, 7) is 2.81. The number of aryl methyl sites for hydroxylation is 1. The molecule has 0 saturated carbocycles. The van der Waals surface area contributed by atoms with E-state index in [2.05, 4.69) is 46.4 Å². The first-order valence-electron chi connectivity index (χ1n) is 5.97. The fraction of sp³-hybridized carbons (Fsp3) is 0.538. The van der Waals surface area contributed by atoms with E-state index in [4.69, 9.17) is 5.73 Å². The molecule has 0 aromatic heterocycles. The van der Waals surface area contributed by atoms with Crippen LogP contribution in [0.15, 0.2) is 22.7 Å². The number of thioether (sulfide) groups is 1. The minimum absolute atomic E-state index is 0.0687. The zero-order valence-electron chi connectivity index (χ0n) is 10.1. The molecule has 0 bridgehead atoms. The molecule has 4 heteroatoms. The Kier molecular flexibility index (Phi) is 4.39. The van der Waals surface area contributed by atoms with Gasteiger partial charge in [0.2, 0.25) is 0 Å². The van der Waals surface area contributed by atoms with Crippen molar-refractivity contribution in [2.45, 2.75) is 25.3 Å². The summed E-state index contributed by atoms with van der Waals surface area (Å²) >= 11 is 5.60. The first-order chi connectivity index (χ1) is 8.15. The molecule has 1 fully saturated rings. The van der Waals surface area contributed by atoms with Gasteiger partial charge in [-0.3, -0.25) is 0 Å². The number of benzene rings is 1. The highest BCUT2D eigenvalue weighted by Crippen LogP contribution is 2.32. The molecule has 3 N–H and O–H groups in total. The van der Waals surface area contributed by atoms with E-state index in [1.807, 2.05) is 11.8 Å². The molecule has 2 rings (SSSR count). The third-order valence-corrected chi connectivity index (χ3v) is 5.26. The van der Waals surface area contributed by atoms with Crippen molar-refractivity contribution < 1.29 is 0 Å². The minimum Gasteiger partial charge on any atom is -0.377 e. The topological polar surface area (TPSA) is 38.0 Å². The summed E-state index contributed by atoms with van der Waals surface area (Å²) < 4.78 is 1.12. The average molecular weight is 315 g/mol. The lowest BCUT2D eigenvalue weighted by molar-refractivity contribution is 0.476. The second-order valence-electron chi connectivity index (χ2n) is 4.75. The Morgan fingerprint density at radius 2 is 2.35 bits per heavy atom. The SMILES string of the molecule is Cc1ccc(Br)c(NC2(CN)CCCSC2)c1. The lowest BCUT2D eigenvalue weighted by atomic mass is 9.95. The van der Waals surface area contributed by atoms with E-state index < -0.39 is 0 Å². The van der Waals surface area contributed by atoms with Crippen LogP contribution in [0.3, 0.4) is 0 Å². The molecule has 0 radical (unpaired) electrons. The van der Waals surface area contributed by atoms with Gasteiger partial charge in [0.1, 0.15) is 0 Å². The van der Waals surface area contributed by atoms with Crippen molar-refractivity contribution in [2.75, 3.05) is 23.4 Å². The molecule has 1 heterocycles. The van der Waals surface area contributed by atoms with Crippen molar-refractivity contribution >= 4 is 33.4 Å². The number of halogens is 1. The highest BCUT2D eigenvalue weighted by atomic mass is 79.9. The molecule has 1 saturated heterocycles. The van der Waals surface area contributed by atoms with E-state index in [0.717, 1.165) is 22.3 Å². The number of anilines is 1. The molecule has 1 aliphatic rings. The van der Waals surface area contributed by atoms with Gasteiger partial charge in [0.05, 0.1) is 5.54 Å². The lowest BCUT2D eigenvalue weighted by Crippen LogP contribution is -2.49. The summed E-state index contributed by atoms with van der Waals surface area (Å²) in [6.07, 6.45) is 2.41. The van der Waals surface area contributed by atoms with E-state index in [0.29, 0.717) is 6.54 Å². The lowest BCUT2D eigenvalue weighted by Gasteiger charge is -2.38. The van der Waals surface area contributed by atoms with E-state index in [1.165, 1.54) is 17.7 Å². The molecule has 0 amide bonds. The quantitative estimate of drug-likeness (QED) is 0.898. The zero-order chi connectivity index (χ0) is 12.3. The zero-order valence-corrected chi connectivity index (χ0v) is 12.5. The monoisotopic (exact) mass is 314 g/mol. The summed E-state index contributed by atoms with van der Waals surface area (Å²) in [7, 11) is 0. The van der Waals surface area contributed by atoms with Crippen LogP contribution in [-0.4, -0.2) is 23.6 Å². The molecule has 1 aliphatic heterocycles. The molecule has 0 aliphatic carbocycles. The Morgan fingerprint density at radius 3 is 3.00 bits per heavy atom. The maximum absolute atomic E-state index is 5.98. The first-order valence-corrected chi connectivity index (χ1v) is 7.92. The van der Waals surface area contributed by atoms with Crippen LogP contribution in [0.2, 0.25) is 0 Å². The number of hydrogen-bond acceptors (Lipinski definition) is 3. The van der Waals surface area contributed by atoms with E-state index in [-0.39, 0.29) is 5.54 Å². The molecule has 1 atom stereocenters. The van der Waals surface area contributed by atoms with E-state index in [1.54, 1.807) is 0 Å². The normalized spacial score (nSPS) is 24.6. The van der Waals surface area contributed by atoms with Gasteiger partial charge < -0.3 is 11.1 Å². The summed E-state index contributed by atoms with van der Waals surface area (Å²) in [5.74, 6) is 2.36. The van der Waals surface area contributed by atoms with Gasteiger partial charge in [0, 0.05) is 22.5 Å². The summed E-state index contributed by atoms with van der Waals surface area (Å²) in [6, 6.07) is 6.39. The molecule has 1 unspecified atom stereocenters. The van der Waals surface area contributed by atoms with Gasteiger partial charge in [0.15, 0.2) is 0 Å². The molecule has 17 heavy (non-hydrogen) atoms. The maximum Gasteiger partial charge on any atom is 0.0586 e. The third kappa shape index (κ3) is 3.18. The smallest absolute Gasteiger partial charge is 0.0586 e. The van der Waals surface area contributed by atoms with Gasteiger partial charge in [-0.25, -0.2) is 0 Å². The van der Waals surface area contributed by atoms with Crippen LogP contribution in [0.25, 0.3) is 0 Å². The standard InChI is InChI=1S/C13H19BrN2S/c1-10-3-4-11(14)12(7-10)16-13(8-15)5-2-6-17-9-13/h3-4,7,16H,2,5-6,8-9,15H2,1H3. The Labute approximate surface area is 116 Å². The van der Waals surface area contributed by atoms with Gasteiger partial charge >= 0.3 is 0 Å². The van der Waals surface area contributed by atoms with Crippen molar-refractivity contribution in [3.8, 4) is 0 Å². The number of nitrogens with two attached hydrogens (primary N) is 1. The highest BCUT2D eigenvalue weighted by molar-refractivity contribution is 9.10. The van der Waals surface area contributed by atoms with Crippen LogP contribution in [0, 0.1) is 6.92 Å². The van der Waals surface area contributed by atoms with Crippen molar-refractivity contribution in [1.29, 1.82) is 0 Å². The fourth-order valence-corrected chi connectivity index (χ4v) is 3.75. The Hall–Kier alpha value is -0.190. The van der Waals surface area contributed by atoms with Crippen LogP contribution in [0.1, 0.15) is 18.4 Å². The van der Waals surface area contributed by atoms with E-state index >= 15 is 0 Å². The molecule has 2 nitrogen and oxygen atoms in total. The summed E-state index contributed by atoms with van der Waals surface area (Å²) in [4.78, 5) is 0. The highest BCUT2D eigenvalue weighted by Gasteiger charge is 2.31. The van der Waals surface area contributed by atoms with Gasteiger partial charge in [-0.15, -0.1) is 0 Å². The molecule has 0 spiro atoms. The molecule has 94 valence electrons. The molecular formula is C13H19BrN2S. The first kappa shape index (κ1) is 13.2. The predicted octanol–water partition coefficient (Wildman–Crippen LogP) is 3.39. The minimum atomic E-state index is 0.0687. The maximum atomic E-state index is 5.98. The summed E-state index contributed by atoms with van der Waals surface area (Å²) in [5.41, 5.74) is 8.49. The van der Waals surface area contributed by atoms with Gasteiger partial charge in [0.25, 0.3) is 0 Å².